The molecule has 0 saturated heterocycles. The van der Waals surface area contributed by atoms with Crippen molar-refractivity contribution < 1.29 is 8.42 Å². The Morgan fingerprint density at radius 1 is 1.30 bits per heavy atom. The third-order valence-corrected chi connectivity index (χ3v) is 5.06. The number of nitrogens with one attached hydrogen (secondary N) is 2. The Kier molecular flexibility index (Phi) is 4.64. The summed E-state index contributed by atoms with van der Waals surface area (Å²) in [6.45, 7) is 0.698. The average Bonchev–Trinajstić information content (AvgIpc) is 2.94. The molecule has 1 aromatic heterocycles. The molecule has 20 heavy (non-hydrogen) atoms. The Morgan fingerprint density at radius 3 is 2.75 bits per heavy atom. The number of anilines is 2. The Morgan fingerprint density at radius 2 is 2.10 bits per heavy atom. The molecular weight excluding hydrogens is 294 g/mol. The molecule has 0 atom stereocenters. The van der Waals surface area contributed by atoms with Crippen LogP contribution in [0.4, 0.5) is 11.4 Å². The third kappa shape index (κ3) is 3.50. The second-order valence-corrected chi connectivity index (χ2v) is 6.93. The summed E-state index contributed by atoms with van der Waals surface area (Å²) in [6.07, 6.45) is 0.867. The van der Waals surface area contributed by atoms with E-state index < -0.39 is 10.0 Å². The molecule has 0 aliphatic carbocycles. The van der Waals surface area contributed by atoms with Gasteiger partial charge < -0.3 is 11.1 Å². The zero-order chi connectivity index (χ0) is 14.6. The molecule has 0 fully saturated rings. The van der Waals surface area contributed by atoms with Gasteiger partial charge in [-0.25, -0.2) is 13.1 Å². The predicted octanol–water partition coefficient (Wildman–Crippen LogP) is 1.89. The first-order valence-electron chi connectivity index (χ1n) is 6.11. The van der Waals surface area contributed by atoms with Crippen LogP contribution in [0.2, 0.25) is 0 Å². The van der Waals surface area contributed by atoms with Gasteiger partial charge in [-0.15, -0.1) is 0 Å². The summed E-state index contributed by atoms with van der Waals surface area (Å²) in [5, 5.41) is 7.30. The molecule has 0 amide bonds. The summed E-state index contributed by atoms with van der Waals surface area (Å²) >= 11 is 1.66. The van der Waals surface area contributed by atoms with Crippen molar-refractivity contribution in [2.24, 2.45) is 0 Å². The van der Waals surface area contributed by atoms with E-state index in [9.17, 15) is 8.42 Å². The van der Waals surface area contributed by atoms with E-state index in [0.717, 1.165) is 6.42 Å². The van der Waals surface area contributed by atoms with Gasteiger partial charge in [-0.1, -0.05) is 0 Å². The van der Waals surface area contributed by atoms with E-state index in [-0.39, 0.29) is 4.90 Å². The van der Waals surface area contributed by atoms with E-state index in [1.165, 1.54) is 18.7 Å². The van der Waals surface area contributed by atoms with Crippen molar-refractivity contribution >= 4 is 32.7 Å². The van der Waals surface area contributed by atoms with E-state index >= 15 is 0 Å². The molecule has 2 aromatic rings. The summed E-state index contributed by atoms with van der Waals surface area (Å²) in [5.41, 5.74) is 8.28. The minimum atomic E-state index is -3.45. The lowest BCUT2D eigenvalue weighted by molar-refractivity contribution is 0.588. The lowest BCUT2D eigenvalue weighted by Crippen LogP contribution is -2.19. The molecule has 0 radical (unpaired) electrons. The van der Waals surface area contributed by atoms with Gasteiger partial charge in [0.25, 0.3) is 0 Å². The minimum absolute atomic E-state index is 0.201. The largest absolute Gasteiger partial charge is 0.397 e. The van der Waals surface area contributed by atoms with Crippen LogP contribution in [0.15, 0.2) is 39.9 Å². The summed E-state index contributed by atoms with van der Waals surface area (Å²) in [4.78, 5) is 0.201. The molecule has 0 aliphatic rings. The highest BCUT2D eigenvalue weighted by Crippen LogP contribution is 2.22. The predicted molar refractivity (Wildman–Crippen MR) is 83.6 cm³/mol. The maximum atomic E-state index is 11.7. The normalized spacial score (nSPS) is 11.4. The Balaban J connectivity index is 2.09. The van der Waals surface area contributed by atoms with Crippen LogP contribution in [0, 0.1) is 0 Å². The van der Waals surface area contributed by atoms with Crippen molar-refractivity contribution in [1.82, 2.24) is 4.72 Å². The van der Waals surface area contributed by atoms with Gasteiger partial charge in [0, 0.05) is 6.54 Å². The number of rotatable bonds is 6. The Bertz CT molecular complexity index is 667. The summed E-state index contributed by atoms with van der Waals surface area (Å²) < 4.78 is 25.8. The van der Waals surface area contributed by atoms with Crippen LogP contribution >= 0.6 is 11.3 Å². The minimum Gasteiger partial charge on any atom is -0.397 e. The molecule has 108 valence electrons. The summed E-state index contributed by atoms with van der Waals surface area (Å²) in [6, 6.07) is 6.70. The number of nitrogen functional groups attached to an aromatic ring is 1. The molecule has 0 aliphatic heterocycles. The van der Waals surface area contributed by atoms with E-state index in [4.69, 9.17) is 5.73 Å². The Labute approximate surface area is 122 Å². The number of sulfonamides is 1. The van der Waals surface area contributed by atoms with Crippen LogP contribution in [0.25, 0.3) is 0 Å². The van der Waals surface area contributed by atoms with E-state index in [1.807, 2.05) is 5.38 Å². The molecule has 2 rings (SSSR count). The number of hydrogen-bond acceptors (Lipinski definition) is 5. The third-order valence-electron chi connectivity index (χ3n) is 2.91. The molecule has 4 N–H and O–H groups in total. The number of benzene rings is 1. The van der Waals surface area contributed by atoms with Crippen LogP contribution in [0.1, 0.15) is 5.56 Å². The fraction of sp³-hybridized carbons (Fsp3) is 0.231. The van der Waals surface area contributed by atoms with Crippen LogP contribution in [0.3, 0.4) is 0 Å². The van der Waals surface area contributed by atoms with E-state index in [0.29, 0.717) is 17.9 Å². The van der Waals surface area contributed by atoms with Crippen molar-refractivity contribution in [3.8, 4) is 0 Å². The number of nitrogens with two attached hydrogens (primary N) is 1. The maximum Gasteiger partial charge on any atom is 0.240 e. The lowest BCUT2D eigenvalue weighted by Gasteiger charge is -2.11. The van der Waals surface area contributed by atoms with Gasteiger partial charge >= 0.3 is 0 Å². The van der Waals surface area contributed by atoms with Gasteiger partial charge in [0.1, 0.15) is 0 Å². The molecule has 5 nitrogen and oxygen atoms in total. The van der Waals surface area contributed by atoms with Crippen molar-refractivity contribution in [2.75, 3.05) is 24.6 Å². The number of hydrogen-bond donors (Lipinski definition) is 3. The molecule has 7 heteroatoms. The zero-order valence-electron chi connectivity index (χ0n) is 11.1. The molecule has 0 bridgehead atoms. The van der Waals surface area contributed by atoms with Crippen LogP contribution < -0.4 is 15.8 Å². The van der Waals surface area contributed by atoms with Crippen LogP contribution in [-0.4, -0.2) is 22.0 Å². The van der Waals surface area contributed by atoms with Gasteiger partial charge in [0.2, 0.25) is 10.0 Å². The highest BCUT2D eigenvalue weighted by atomic mass is 32.2. The van der Waals surface area contributed by atoms with Gasteiger partial charge in [-0.05, 0) is 54.1 Å². The zero-order valence-corrected chi connectivity index (χ0v) is 12.7. The van der Waals surface area contributed by atoms with Gasteiger partial charge in [0.15, 0.2) is 0 Å². The average molecular weight is 311 g/mol. The van der Waals surface area contributed by atoms with Crippen molar-refractivity contribution in [3.63, 3.8) is 0 Å². The SMILES string of the molecule is CNS(=O)(=O)c1ccc(N)c(NCCc2ccsc2)c1. The fourth-order valence-corrected chi connectivity index (χ4v) is 3.21. The fourth-order valence-electron chi connectivity index (χ4n) is 1.75. The monoisotopic (exact) mass is 311 g/mol. The van der Waals surface area contributed by atoms with Gasteiger partial charge in [0.05, 0.1) is 16.3 Å². The molecule has 0 unspecified atom stereocenters. The highest BCUT2D eigenvalue weighted by molar-refractivity contribution is 7.89. The van der Waals surface area contributed by atoms with Crippen LogP contribution in [0.5, 0.6) is 0 Å². The first-order chi connectivity index (χ1) is 9.53. The maximum absolute atomic E-state index is 11.7. The quantitative estimate of drug-likeness (QED) is 0.711. The lowest BCUT2D eigenvalue weighted by atomic mass is 10.2. The van der Waals surface area contributed by atoms with E-state index in [1.54, 1.807) is 23.5 Å². The van der Waals surface area contributed by atoms with Gasteiger partial charge in [-0.3, -0.25) is 0 Å². The van der Waals surface area contributed by atoms with E-state index in [2.05, 4.69) is 21.5 Å². The standard InChI is InChI=1S/C13H17N3O2S2/c1-15-20(17,18)11-2-3-12(14)13(8-11)16-6-4-10-5-7-19-9-10/h2-3,5,7-9,15-16H,4,6,14H2,1H3. The second-order valence-electron chi connectivity index (χ2n) is 4.26. The molecular formula is C13H17N3O2S2. The molecule has 1 heterocycles. The summed E-state index contributed by atoms with van der Waals surface area (Å²) in [5.74, 6) is 0. The topological polar surface area (TPSA) is 84.2 Å². The number of thiophene rings is 1. The Hall–Kier alpha value is -1.57. The van der Waals surface area contributed by atoms with Gasteiger partial charge in [-0.2, -0.15) is 11.3 Å². The van der Waals surface area contributed by atoms with Crippen molar-refractivity contribution in [2.45, 2.75) is 11.3 Å². The second kappa shape index (κ2) is 6.25. The van der Waals surface area contributed by atoms with Crippen molar-refractivity contribution in [1.29, 1.82) is 0 Å². The molecule has 1 aromatic carbocycles. The van der Waals surface area contributed by atoms with Crippen LogP contribution in [-0.2, 0) is 16.4 Å². The highest BCUT2D eigenvalue weighted by Gasteiger charge is 2.12. The smallest absolute Gasteiger partial charge is 0.240 e. The molecule has 0 spiro atoms. The molecule has 0 saturated carbocycles. The first-order valence-corrected chi connectivity index (χ1v) is 8.53. The van der Waals surface area contributed by atoms with Crippen molar-refractivity contribution in [3.05, 3.63) is 40.6 Å². The summed E-state index contributed by atoms with van der Waals surface area (Å²) in [7, 11) is -2.07. The first kappa shape index (κ1) is 14.8.